The zero-order chi connectivity index (χ0) is 27.6. The number of aromatic nitrogens is 2. The maximum Gasteiger partial charge on any atom is 0.387 e. The van der Waals surface area contributed by atoms with E-state index in [4.69, 9.17) is 16.6 Å². The highest BCUT2D eigenvalue weighted by Gasteiger charge is 2.22. The third kappa shape index (κ3) is 7.90. The van der Waals surface area contributed by atoms with E-state index in [1.54, 1.807) is 12.1 Å². The number of alkyl halides is 2. The maximum absolute atomic E-state index is 12.6. The highest BCUT2D eigenvalue weighted by atomic mass is 35.5. The standard InChI is InChI=1S/C32H36ClF2N3O/c1-3-5-20-37(22-24-12-18-28(19-13-24)39-32(34)35)23-29-30(25-14-16-27(33)17-15-25)36-31(38(29)21-6-4-2)26-10-8-7-9-11-26/h7-19,32H,3-6,20-23H2,1-2H3. The molecule has 1 heterocycles. The molecule has 0 aliphatic rings. The maximum atomic E-state index is 12.6. The van der Waals surface area contributed by atoms with Gasteiger partial charge in [0, 0.05) is 35.8 Å². The van der Waals surface area contributed by atoms with Gasteiger partial charge in [0.25, 0.3) is 0 Å². The Morgan fingerprint density at radius 1 is 0.846 bits per heavy atom. The summed E-state index contributed by atoms with van der Waals surface area (Å²) < 4.78 is 32.1. The Balaban J connectivity index is 1.74. The van der Waals surface area contributed by atoms with E-state index < -0.39 is 6.61 Å². The molecule has 7 heteroatoms. The van der Waals surface area contributed by atoms with Crippen LogP contribution in [0, 0.1) is 0 Å². The Kier molecular flexibility index (Phi) is 10.5. The first-order chi connectivity index (χ1) is 19.0. The van der Waals surface area contributed by atoms with E-state index >= 15 is 0 Å². The summed E-state index contributed by atoms with van der Waals surface area (Å²) in [7, 11) is 0. The molecule has 0 aliphatic heterocycles. The Morgan fingerprint density at radius 2 is 1.54 bits per heavy atom. The van der Waals surface area contributed by atoms with Gasteiger partial charge in [0.2, 0.25) is 0 Å². The lowest BCUT2D eigenvalue weighted by molar-refractivity contribution is -0.0498. The molecule has 1 aromatic heterocycles. The highest BCUT2D eigenvalue weighted by molar-refractivity contribution is 6.30. The monoisotopic (exact) mass is 551 g/mol. The van der Waals surface area contributed by atoms with Gasteiger partial charge in [-0.25, -0.2) is 4.98 Å². The van der Waals surface area contributed by atoms with Crippen molar-refractivity contribution in [2.75, 3.05) is 6.54 Å². The fourth-order valence-corrected chi connectivity index (χ4v) is 4.82. The lowest BCUT2D eigenvalue weighted by Crippen LogP contribution is -2.26. The SMILES string of the molecule is CCCCN(Cc1ccc(OC(F)F)cc1)Cc1c(-c2ccc(Cl)cc2)nc(-c2ccccc2)n1CCCC. The molecule has 4 nitrogen and oxygen atoms in total. The molecule has 0 spiro atoms. The Labute approximate surface area is 235 Å². The van der Waals surface area contributed by atoms with E-state index in [-0.39, 0.29) is 5.75 Å². The average Bonchev–Trinajstić information content (AvgIpc) is 3.30. The van der Waals surface area contributed by atoms with Crippen LogP contribution in [0.1, 0.15) is 50.8 Å². The summed E-state index contributed by atoms with van der Waals surface area (Å²) >= 11 is 6.23. The summed E-state index contributed by atoms with van der Waals surface area (Å²) in [6.45, 7) is 4.74. The molecule has 4 rings (SSSR count). The minimum absolute atomic E-state index is 0.170. The molecule has 39 heavy (non-hydrogen) atoms. The predicted molar refractivity (Wildman–Crippen MR) is 155 cm³/mol. The van der Waals surface area contributed by atoms with E-state index in [9.17, 15) is 8.78 Å². The third-order valence-electron chi connectivity index (χ3n) is 6.71. The molecular formula is C32H36ClF2N3O. The van der Waals surface area contributed by atoms with Gasteiger partial charge in [-0.05, 0) is 49.2 Å². The van der Waals surface area contributed by atoms with Crippen LogP contribution < -0.4 is 4.74 Å². The molecule has 0 saturated heterocycles. The second kappa shape index (κ2) is 14.2. The first-order valence-electron chi connectivity index (χ1n) is 13.6. The molecule has 3 aromatic carbocycles. The molecule has 0 aliphatic carbocycles. The summed E-state index contributed by atoms with van der Waals surface area (Å²) in [4.78, 5) is 7.64. The first kappa shape index (κ1) is 28.8. The Morgan fingerprint density at radius 3 is 2.18 bits per heavy atom. The minimum Gasteiger partial charge on any atom is -0.435 e. The molecule has 0 saturated carbocycles. The van der Waals surface area contributed by atoms with Gasteiger partial charge < -0.3 is 9.30 Å². The van der Waals surface area contributed by atoms with Gasteiger partial charge in [-0.15, -0.1) is 0 Å². The molecule has 4 aromatic rings. The largest absolute Gasteiger partial charge is 0.435 e. The van der Waals surface area contributed by atoms with Crippen molar-refractivity contribution in [2.45, 2.75) is 65.8 Å². The van der Waals surface area contributed by atoms with E-state index in [2.05, 4.69) is 40.2 Å². The molecule has 0 N–H and O–H groups in total. The second-order valence-electron chi connectivity index (χ2n) is 9.70. The van der Waals surface area contributed by atoms with Gasteiger partial charge in [0.05, 0.1) is 11.4 Å². The molecule has 0 radical (unpaired) electrons. The van der Waals surface area contributed by atoms with Gasteiger partial charge in [0.15, 0.2) is 0 Å². The number of hydrogen-bond acceptors (Lipinski definition) is 3. The van der Waals surface area contributed by atoms with Crippen LogP contribution in [-0.2, 0) is 19.6 Å². The van der Waals surface area contributed by atoms with E-state index in [1.807, 2.05) is 54.6 Å². The Bertz CT molecular complexity index is 1290. The summed E-state index contributed by atoms with van der Waals surface area (Å²) in [5, 5.41) is 0.692. The highest BCUT2D eigenvalue weighted by Crippen LogP contribution is 2.32. The Hall–Kier alpha value is -3.22. The topological polar surface area (TPSA) is 30.3 Å². The van der Waals surface area contributed by atoms with Crippen LogP contribution in [0.3, 0.4) is 0 Å². The normalized spacial score (nSPS) is 11.5. The quantitative estimate of drug-likeness (QED) is 0.156. The first-order valence-corrected chi connectivity index (χ1v) is 14.0. The smallest absolute Gasteiger partial charge is 0.387 e. The van der Waals surface area contributed by atoms with Crippen LogP contribution in [0.15, 0.2) is 78.9 Å². The number of benzene rings is 3. The van der Waals surface area contributed by atoms with Gasteiger partial charge in [-0.1, -0.05) is 92.9 Å². The van der Waals surface area contributed by atoms with Gasteiger partial charge in [-0.2, -0.15) is 8.78 Å². The number of imidazole rings is 1. The van der Waals surface area contributed by atoms with Crippen LogP contribution in [0.4, 0.5) is 8.78 Å². The number of halogens is 3. The molecule has 0 bridgehead atoms. The summed E-state index contributed by atoms with van der Waals surface area (Å²) in [5.74, 6) is 1.14. The number of ether oxygens (including phenoxy) is 1. The molecule has 0 unspecified atom stereocenters. The van der Waals surface area contributed by atoms with Crippen molar-refractivity contribution in [1.29, 1.82) is 0 Å². The fraction of sp³-hybridized carbons (Fsp3) is 0.344. The number of rotatable bonds is 14. The minimum atomic E-state index is -2.83. The number of nitrogens with zero attached hydrogens (tertiary/aromatic N) is 3. The van der Waals surface area contributed by atoms with Crippen LogP contribution in [0.5, 0.6) is 5.75 Å². The lowest BCUT2D eigenvalue weighted by Gasteiger charge is -2.24. The average molecular weight is 552 g/mol. The van der Waals surface area contributed by atoms with Crippen molar-refractivity contribution in [3.05, 3.63) is 95.1 Å². The van der Waals surface area contributed by atoms with E-state index in [0.29, 0.717) is 18.1 Å². The number of hydrogen-bond donors (Lipinski definition) is 0. The van der Waals surface area contributed by atoms with Gasteiger partial charge in [-0.3, -0.25) is 4.90 Å². The molecule has 206 valence electrons. The summed E-state index contributed by atoms with van der Waals surface area (Å²) in [5.41, 5.74) is 5.29. The molecule has 0 fully saturated rings. The third-order valence-corrected chi connectivity index (χ3v) is 6.97. The summed E-state index contributed by atoms with van der Waals surface area (Å²) in [6.07, 6.45) is 4.25. The summed E-state index contributed by atoms with van der Waals surface area (Å²) in [6, 6.07) is 25.2. The zero-order valence-electron chi connectivity index (χ0n) is 22.6. The zero-order valence-corrected chi connectivity index (χ0v) is 23.4. The van der Waals surface area contributed by atoms with Crippen LogP contribution in [0.2, 0.25) is 5.02 Å². The van der Waals surface area contributed by atoms with Gasteiger partial charge in [0.1, 0.15) is 11.6 Å². The second-order valence-corrected chi connectivity index (χ2v) is 10.1. The molecule has 0 atom stereocenters. The van der Waals surface area contributed by atoms with Crippen LogP contribution in [0.25, 0.3) is 22.6 Å². The van der Waals surface area contributed by atoms with Crippen molar-refractivity contribution >= 4 is 11.6 Å². The van der Waals surface area contributed by atoms with Crippen molar-refractivity contribution < 1.29 is 13.5 Å². The predicted octanol–water partition coefficient (Wildman–Crippen LogP) is 9.07. The molecule has 0 amide bonds. The van der Waals surface area contributed by atoms with Crippen molar-refractivity contribution in [3.8, 4) is 28.4 Å². The van der Waals surface area contributed by atoms with Crippen LogP contribution >= 0.6 is 11.6 Å². The van der Waals surface area contributed by atoms with Crippen LogP contribution in [-0.4, -0.2) is 27.6 Å². The lowest BCUT2D eigenvalue weighted by atomic mass is 10.1. The van der Waals surface area contributed by atoms with Crippen molar-refractivity contribution in [1.82, 2.24) is 14.5 Å². The van der Waals surface area contributed by atoms with Crippen molar-refractivity contribution in [2.24, 2.45) is 0 Å². The van der Waals surface area contributed by atoms with E-state index in [0.717, 1.165) is 67.0 Å². The fourth-order valence-electron chi connectivity index (χ4n) is 4.69. The number of unbranched alkanes of at least 4 members (excludes halogenated alkanes) is 2. The van der Waals surface area contributed by atoms with Crippen molar-refractivity contribution in [3.63, 3.8) is 0 Å². The van der Waals surface area contributed by atoms with E-state index in [1.165, 1.54) is 5.69 Å². The molecular weight excluding hydrogens is 516 g/mol. The van der Waals surface area contributed by atoms with Gasteiger partial charge >= 0.3 is 6.61 Å².